The maximum Gasteiger partial charge on any atom is 0.233 e. The fraction of sp³-hybridized carbons (Fsp3) is 0.467. The van der Waals surface area contributed by atoms with Crippen LogP contribution in [0.15, 0.2) is 18.2 Å². The first-order valence-electron chi connectivity index (χ1n) is 7.28. The van der Waals surface area contributed by atoms with Crippen molar-refractivity contribution < 1.29 is 23.8 Å². The molecule has 118 valence electrons. The number of fused-ring (bicyclic) bond motifs is 1. The van der Waals surface area contributed by atoms with Gasteiger partial charge in [0.05, 0.1) is 6.10 Å². The summed E-state index contributed by atoms with van der Waals surface area (Å²) in [6, 6.07) is 5.09. The molecule has 2 aliphatic heterocycles. The SMILES string of the molecule is O=C(CC(=O)Nc1ccc2c(c1)OCO2)NCC1CCCO1. The molecule has 2 aliphatic rings. The van der Waals surface area contributed by atoms with E-state index in [4.69, 9.17) is 14.2 Å². The zero-order valence-electron chi connectivity index (χ0n) is 12.1. The first kappa shape index (κ1) is 14.6. The molecule has 2 N–H and O–H groups in total. The van der Waals surface area contributed by atoms with Gasteiger partial charge in [-0.05, 0) is 25.0 Å². The molecule has 0 aromatic heterocycles. The molecule has 2 amide bonds. The molecule has 2 heterocycles. The fourth-order valence-electron chi connectivity index (χ4n) is 2.42. The van der Waals surface area contributed by atoms with E-state index in [1.165, 1.54) is 0 Å². The van der Waals surface area contributed by atoms with E-state index in [1.807, 2.05) is 0 Å². The molecule has 0 aliphatic carbocycles. The molecule has 1 aromatic carbocycles. The quantitative estimate of drug-likeness (QED) is 0.794. The van der Waals surface area contributed by atoms with E-state index in [0.717, 1.165) is 19.4 Å². The average Bonchev–Trinajstić information content (AvgIpc) is 3.15. The number of anilines is 1. The smallest absolute Gasteiger partial charge is 0.233 e. The molecule has 7 nitrogen and oxygen atoms in total. The van der Waals surface area contributed by atoms with Gasteiger partial charge in [0.1, 0.15) is 6.42 Å². The lowest BCUT2D eigenvalue weighted by molar-refractivity contribution is -0.127. The number of ether oxygens (including phenoxy) is 3. The van der Waals surface area contributed by atoms with Crippen molar-refractivity contribution in [1.82, 2.24) is 5.32 Å². The number of carbonyl (C=O) groups excluding carboxylic acids is 2. The summed E-state index contributed by atoms with van der Waals surface area (Å²) in [4.78, 5) is 23.6. The van der Waals surface area contributed by atoms with Crippen LogP contribution in [-0.2, 0) is 14.3 Å². The van der Waals surface area contributed by atoms with Crippen LogP contribution in [-0.4, -0.2) is 37.9 Å². The standard InChI is InChI=1S/C15H18N2O5/c18-14(16-8-11-2-1-5-20-11)7-15(19)17-10-3-4-12-13(6-10)22-9-21-12/h3-4,6,11H,1-2,5,7-9H2,(H,16,18)(H,17,19). The normalized spacial score (nSPS) is 19.0. The van der Waals surface area contributed by atoms with Crippen LogP contribution in [0.1, 0.15) is 19.3 Å². The molecule has 7 heteroatoms. The summed E-state index contributed by atoms with van der Waals surface area (Å²) in [5.74, 6) is 0.547. The highest BCUT2D eigenvalue weighted by molar-refractivity contribution is 6.03. The minimum Gasteiger partial charge on any atom is -0.454 e. The topological polar surface area (TPSA) is 85.9 Å². The minimum atomic E-state index is -0.372. The Kier molecular flexibility index (Phi) is 4.43. The zero-order chi connectivity index (χ0) is 15.4. The molecule has 1 fully saturated rings. The largest absolute Gasteiger partial charge is 0.454 e. The highest BCUT2D eigenvalue weighted by Crippen LogP contribution is 2.34. The van der Waals surface area contributed by atoms with Crippen molar-refractivity contribution in [3.63, 3.8) is 0 Å². The van der Waals surface area contributed by atoms with Crippen LogP contribution in [0.4, 0.5) is 5.69 Å². The number of benzene rings is 1. The molecule has 0 bridgehead atoms. The van der Waals surface area contributed by atoms with E-state index in [2.05, 4.69) is 10.6 Å². The molecule has 0 radical (unpaired) electrons. The second kappa shape index (κ2) is 6.65. The van der Waals surface area contributed by atoms with Crippen LogP contribution in [0.25, 0.3) is 0 Å². The number of hydrogen-bond acceptors (Lipinski definition) is 5. The molecular weight excluding hydrogens is 288 g/mol. The minimum absolute atomic E-state index is 0.0703. The van der Waals surface area contributed by atoms with Crippen LogP contribution in [0.3, 0.4) is 0 Å². The third-order valence-corrected chi connectivity index (χ3v) is 3.53. The van der Waals surface area contributed by atoms with Crippen molar-refractivity contribution in [2.24, 2.45) is 0 Å². The molecule has 22 heavy (non-hydrogen) atoms. The highest BCUT2D eigenvalue weighted by atomic mass is 16.7. The second-order valence-electron chi connectivity index (χ2n) is 5.23. The first-order valence-corrected chi connectivity index (χ1v) is 7.28. The fourth-order valence-corrected chi connectivity index (χ4v) is 2.42. The molecule has 0 saturated carbocycles. The van der Waals surface area contributed by atoms with Crippen molar-refractivity contribution >= 4 is 17.5 Å². The van der Waals surface area contributed by atoms with Crippen molar-refractivity contribution in [1.29, 1.82) is 0 Å². The molecule has 1 saturated heterocycles. The van der Waals surface area contributed by atoms with Crippen molar-refractivity contribution in [3.05, 3.63) is 18.2 Å². The van der Waals surface area contributed by atoms with E-state index in [9.17, 15) is 9.59 Å². The van der Waals surface area contributed by atoms with Crippen molar-refractivity contribution in [2.45, 2.75) is 25.4 Å². The molecule has 0 spiro atoms. The van der Waals surface area contributed by atoms with Gasteiger partial charge >= 0.3 is 0 Å². The van der Waals surface area contributed by atoms with E-state index in [1.54, 1.807) is 18.2 Å². The van der Waals surface area contributed by atoms with E-state index in [-0.39, 0.29) is 31.1 Å². The van der Waals surface area contributed by atoms with Crippen LogP contribution < -0.4 is 20.1 Å². The Bertz CT molecular complexity index is 569. The number of rotatable bonds is 5. The lowest BCUT2D eigenvalue weighted by atomic mass is 10.2. The Morgan fingerprint density at radius 2 is 2.05 bits per heavy atom. The Morgan fingerprint density at radius 1 is 1.18 bits per heavy atom. The monoisotopic (exact) mass is 306 g/mol. The summed E-state index contributed by atoms with van der Waals surface area (Å²) in [7, 11) is 0. The predicted octanol–water partition coefficient (Wildman–Crippen LogP) is 1.04. The molecule has 1 aromatic rings. The average molecular weight is 306 g/mol. The van der Waals surface area contributed by atoms with Crippen molar-refractivity contribution in [2.75, 3.05) is 25.3 Å². The number of hydrogen-bond donors (Lipinski definition) is 2. The molecule has 3 rings (SSSR count). The Hall–Kier alpha value is -2.28. The maximum atomic E-state index is 11.8. The number of nitrogens with one attached hydrogen (secondary N) is 2. The molecule has 1 atom stereocenters. The van der Waals surface area contributed by atoms with E-state index >= 15 is 0 Å². The van der Waals surface area contributed by atoms with Gasteiger partial charge in [0.15, 0.2) is 11.5 Å². The van der Waals surface area contributed by atoms with E-state index < -0.39 is 0 Å². The predicted molar refractivity (Wildman–Crippen MR) is 77.8 cm³/mol. The van der Waals surface area contributed by atoms with Crippen LogP contribution in [0.2, 0.25) is 0 Å². The summed E-state index contributed by atoms with van der Waals surface area (Å²) >= 11 is 0. The summed E-state index contributed by atoms with van der Waals surface area (Å²) in [5, 5.41) is 5.38. The summed E-state index contributed by atoms with van der Waals surface area (Å²) in [6.45, 7) is 1.37. The molecule has 1 unspecified atom stereocenters. The first-order chi connectivity index (χ1) is 10.7. The zero-order valence-corrected chi connectivity index (χ0v) is 12.1. The molecular formula is C15H18N2O5. The maximum absolute atomic E-state index is 11.8. The summed E-state index contributed by atoms with van der Waals surface area (Å²) in [5.41, 5.74) is 0.571. The van der Waals surface area contributed by atoms with Gasteiger partial charge in [-0.2, -0.15) is 0 Å². The van der Waals surface area contributed by atoms with E-state index in [0.29, 0.717) is 23.7 Å². The number of carbonyl (C=O) groups is 2. The third-order valence-electron chi connectivity index (χ3n) is 3.53. The van der Waals surface area contributed by atoms with Gasteiger partial charge in [-0.1, -0.05) is 0 Å². The van der Waals surface area contributed by atoms with Crippen LogP contribution in [0.5, 0.6) is 11.5 Å². The van der Waals surface area contributed by atoms with Crippen molar-refractivity contribution in [3.8, 4) is 11.5 Å². The third kappa shape index (κ3) is 3.67. The number of amides is 2. The van der Waals surface area contributed by atoms with Crippen LogP contribution >= 0.6 is 0 Å². The van der Waals surface area contributed by atoms with Gasteiger partial charge in [-0.15, -0.1) is 0 Å². The Morgan fingerprint density at radius 3 is 2.86 bits per heavy atom. The Labute approximate surface area is 127 Å². The summed E-state index contributed by atoms with van der Waals surface area (Å²) < 4.78 is 15.8. The summed E-state index contributed by atoms with van der Waals surface area (Å²) in [6.07, 6.45) is 1.82. The van der Waals surface area contributed by atoms with Gasteiger partial charge in [0, 0.05) is 24.9 Å². The van der Waals surface area contributed by atoms with Gasteiger partial charge in [0.25, 0.3) is 0 Å². The van der Waals surface area contributed by atoms with Gasteiger partial charge in [-0.25, -0.2) is 0 Å². The second-order valence-corrected chi connectivity index (χ2v) is 5.23. The lowest BCUT2D eigenvalue weighted by Gasteiger charge is -2.11. The Balaban J connectivity index is 1.44. The van der Waals surface area contributed by atoms with Gasteiger partial charge in [-0.3, -0.25) is 9.59 Å². The lowest BCUT2D eigenvalue weighted by Crippen LogP contribution is -2.34. The van der Waals surface area contributed by atoms with Gasteiger partial charge in [0.2, 0.25) is 18.6 Å². The highest BCUT2D eigenvalue weighted by Gasteiger charge is 2.18. The van der Waals surface area contributed by atoms with Gasteiger partial charge < -0.3 is 24.8 Å². The van der Waals surface area contributed by atoms with Crippen LogP contribution in [0, 0.1) is 0 Å².